The lowest BCUT2D eigenvalue weighted by Crippen LogP contribution is -2.13. The third-order valence-corrected chi connectivity index (χ3v) is 9.62. The molecule has 0 bridgehead atoms. The van der Waals surface area contributed by atoms with Gasteiger partial charge in [0.25, 0.3) is 0 Å². The summed E-state index contributed by atoms with van der Waals surface area (Å²) in [6.45, 7) is 7.38. The first kappa shape index (κ1) is 24.4. The monoisotopic (exact) mass is 413 g/mol. The van der Waals surface area contributed by atoms with Gasteiger partial charge < -0.3 is 0 Å². The van der Waals surface area contributed by atoms with E-state index in [1.54, 1.807) is 5.30 Å². The van der Waals surface area contributed by atoms with E-state index >= 15 is 0 Å². The largest absolute Gasteiger partial charge is 0.101 e. The predicted octanol–water partition coefficient (Wildman–Crippen LogP) is 9.22. The highest BCUT2D eigenvalue weighted by Gasteiger charge is 2.29. The minimum absolute atomic E-state index is 1.02. The van der Waals surface area contributed by atoms with E-state index in [0.29, 0.717) is 0 Å². The lowest BCUT2D eigenvalue weighted by Gasteiger charge is -2.20. The van der Waals surface area contributed by atoms with Crippen molar-refractivity contribution in [2.45, 2.75) is 96.8 Å². The van der Waals surface area contributed by atoms with Crippen LogP contribution in [0, 0.1) is 0 Å². The molecule has 0 aliphatic carbocycles. The van der Waals surface area contributed by atoms with Gasteiger partial charge in [0.15, 0.2) is 0 Å². The molecule has 0 aliphatic heterocycles. The highest BCUT2D eigenvalue weighted by atomic mass is 31.2. The van der Waals surface area contributed by atoms with E-state index in [4.69, 9.17) is 0 Å². The van der Waals surface area contributed by atoms with Crippen LogP contribution < -0.4 is 5.30 Å². The van der Waals surface area contributed by atoms with E-state index in [1.165, 1.54) is 107 Å². The highest BCUT2D eigenvalue weighted by Crippen LogP contribution is 2.52. The van der Waals surface area contributed by atoms with Crippen LogP contribution in [-0.2, 0) is 0 Å². The molecule has 0 N–H and O–H groups in total. The molecule has 2 aromatic rings. The van der Waals surface area contributed by atoms with E-state index in [-0.39, 0.29) is 0 Å². The van der Waals surface area contributed by atoms with Gasteiger partial charge in [0.1, 0.15) is 5.30 Å². The van der Waals surface area contributed by atoms with Gasteiger partial charge in [0, 0.05) is 12.6 Å². The van der Waals surface area contributed by atoms with Crippen molar-refractivity contribution < 1.29 is 0 Å². The molecule has 0 saturated carbocycles. The predicted molar refractivity (Wildman–Crippen MR) is 138 cm³/mol. The summed E-state index contributed by atoms with van der Waals surface area (Å²) in [4.78, 5) is 0. The quantitative estimate of drug-likeness (QED) is 0.190. The number of benzene rings is 2. The summed E-state index contributed by atoms with van der Waals surface area (Å²) < 4.78 is 0. The second kappa shape index (κ2) is 14.2. The Morgan fingerprint density at radius 1 is 0.552 bits per heavy atom. The Kier molecular flexibility index (Phi) is 11.9. The Balaban J connectivity index is 1.53. The Morgan fingerprint density at radius 3 is 1.62 bits per heavy atom. The van der Waals surface area contributed by atoms with Crippen LogP contribution in [0.5, 0.6) is 0 Å². The number of rotatable bonds is 16. The third kappa shape index (κ3) is 9.21. The first-order chi connectivity index (χ1) is 14.1. The number of hydrogen-bond donors (Lipinski definition) is 0. The molecular formula is C28H46P+. The summed E-state index contributed by atoms with van der Waals surface area (Å²) in [7, 11) is -1.02. The van der Waals surface area contributed by atoms with Gasteiger partial charge in [-0.25, -0.2) is 0 Å². The van der Waals surface area contributed by atoms with Gasteiger partial charge in [0.05, 0.1) is 19.5 Å². The summed E-state index contributed by atoms with van der Waals surface area (Å²) in [5, 5.41) is 4.52. The van der Waals surface area contributed by atoms with Gasteiger partial charge in [-0.15, -0.1) is 0 Å². The summed E-state index contributed by atoms with van der Waals surface area (Å²) >= 11 is 0. The molecular weight excluding hydrogens is 367 g/mol. The molecule has 0 aromatic heterocycles. The lowest BCUT2D eigenvalue weighted by molar-refractivity contribution is 0.538. The zero-order valence-electron chi connectivity index (χ0n) is 19.6. The molecule has 0 fully saturated rings. The van der Waals surface area contributed by atoms with Crippen molar-refractivity contribution in [2.75, 3.05) is 19.5 Å². The maximum atomic E-state index is 2.54. The second-order valence-corrected chi connectivity index (χ2v) is 13.8. The number of hydrogen-bond acceptors (Lipinski definition) is 0. The Bertz CT molecular complexity index is 668. The minimum Gasteiger partial charge on any atom is -0.0654 e. The first-order valence-corrected chi connectivity index (χ1v) is 15.3. The second-order valence-electron chi connectivity index (χ2n) is 9.50. The first-order valence-electron chi connectivity index (χ1n) is 12.5. The average molecular weight is 414 g/mol. The van der Waals surface area contributed by atoms with E-state index in [1.807, 2.05) is 0 Å². The smallest absolute Gasteiger partial charge is 0.0654 e. The van der Waals surface area contributed by atoms with Gasteiger partial charge in [-0.3, -0.25) is 0 Å². The van der Waals surface area contributed by atoms with Crippen molar-refractivity contribution in [1.29, 1.82) is 0 Å². The average Bonchev–Trinajstić information content (AvgIpc) is 2.73. The summed E-state index contributed by atoms with van der Waals surface area (Å²) in [6, 6.07) is 15.8. The zero-order chi connectivity index (χ0) is 20.8. The van der Waals surface area contributed by atoms with Gasteiger partial charge in [-0.1, -0.05) is 120 Å². The fourth-order valence-corrected chi connectivity index (χ4v) is 7.16. The molecule has 0 saturated heterocycles. The van der Waals surface area contributed by atoms with Crippen LogP contribution in [0.1, 0.15) is 96.8 Å². The van der Waals surface area contributed by atoms with Crippen LogP contribution >= 0.6 is 7.26 Å². The van der Waals surface area contributed by atoms with Crippen LogP contribution in [-0.4, -0.2) is 19.5 Å². The molecule has 0 unspecified atom stereocenters. The van der Waals surface area contributed by atoms with Crippen LogP contribution in [0.4, 0.5) is 0 Å². The molecule has 1 heteroatoms. The van der Waals surface area contributed by atoms with E-state index in [2.05, 4.69) is 62.7 Å². The SMILES string of the molecule is CCCCCCCCCCCCCCCC[P+](C)(C)c1cccc2ccccc12. The normalized spacial score (nSPS) is 12.0. The van der Waals surface area contributed by atoms with Crippen molar-refractivity contribution in [3.63, 3.8) is 0 Å². The molecule has 0 atom stereocenters. The van der Waals surface area contributed by atoms with Gasteiger partial charge >= 0.3 is 0 Å². The molecule has 0 radical (unpaired) electrons. The van der Waals surface area contributed by atoms with Crippen LogP contribution in [0.3, 0.4) is 0 Å². The minimum atomic E-state index is -1.02. The van der Waals surface area contributed by atoms with Crippen molar-refractivity contribution in [2.24, 2.45) is 0 Å². The molecule has 0 aliphatic rings. The summed E-state index contributed by atoms with van der Waals surface area (Å²) in [5.41, 5.74) is 0. The highest BCUT2D eigenvalue weighted by molar-refractivity contribution is 7.82. The zero-order valence-corrected chi connectivity index (χ0v) is 20.5. The molecule has 0 amide bonds. The van der Waals surface area contributed by atoms with Crippen molar-refractivity contribution in [3.8, 4) is 0 Å². The molecule has 162 valence electrons. The standard InChI is InChI=1S/C28H46P/c1-4-5-6-7-8-9-10-11-12-13-14-15-16-19-25-29(2,3)28-24-20-22-26-21-17-18-23-27(26)28/h17-18,20-24H,4-16,19,25H2,1-3H3/q+1. The van der Waals surface area contributed by atoms with Gasteiger partial charge in [-0.05, 0) is 24.3 Å². The lowest BCUT2D eigenvalue weighted by atomic mass is 10.0. The maximum Gasteiger partial charge on any atom is 0.101 e. The van der Waals surface area contributed by atoms with Crippen LogP contribution in [0.25, 0.3) is 10.8 Å². The summed E-state index contributed by atoms with van der Waals surface area (Å²) in [5.74, 6) is 0. The summed E-state index contributed by atoms with van der Waals surface area (Å²) in [6.07, 6.45) is 21.6. The van der Waals surface area contributed by atoms with Crippen molar-refractivity contribution >= 4 is 23.3 Å². The fourth-order valence-electron chi connectivity index (χ4n) is 4.56. The molecule has 0 spiro atoms. The van der Waals surface area contributed by atoms with Crippen molar-refractivity contribution in [1.82, 2.24) is 0 Å². The van der Waals surface area contributed by atoms with E-state index in [9.17, 15) is 0 Å². The maximum absolute atomic E-state index is 2.54. The van der Waals surface area contributed by atoms with Gasteiger partial charge in [-0.2, -0.15) is 0 Å². The number of unbranched alkanes of at least 4 members (excludes halogenated alkanes) is 13. The molecule has 29 heavy (non-hydrogen) atoms. The topological polar surface area (TPSA) is 0 Å². The Morgan fingerprint density at radius 2 is 1.03 bits per heavy atom. The van der Waals surface area contributed by atoms with E-state index < -0.39 is 7.26 Å². The van der Waals surface area contributed by atoms with Crippen molar-refractivity contribution in [3.05, 3.63) is 42.5 Å². The van der Waals surface area contributed by atoms with Crippen LogP contribution in [0.2, 0.25) is 0 Å². The molecule has 2 rings (SSSR count). The molecule has 2 aromatic carbocycles. The number of fused-ring (bicyclic) bond motifs is 1. The third-order valence-electron chi connectivity index (χ3n) is 6.49. The molecule has 0 heterocycles. The Labute approximate surface area is 182 Å². The van der Waals surface area contributed by atoms with Crippen LogP contribution in [0.15, 0.2) is 42.5 Å². The van der Waals surface area contributed by atoms with Gasteiger partial charge in [0.2, 0.25) is 0 Å². The fraction of sp³-hybridized carbons (Fsp3) is 0.643. The molecule has 0 nitrogen and oxygen atoms in total. The Hall–Kier alpha value is -0.870. The van der Waals surface area contributed by atoms with E-state index in [0.717, 1.165) is 0 Å².